The van der Waals surface area contributed by atoms with Crippen LogP contribution in [0.3, 0.4) is 0 Å². The highest BCUT2D eigenvalue weighted by Gasteiger charge is 2.22. The highest BCUT2D eigenvalue weighted by molar-refractivity contribution is 5.96. The van der Waals surface area contributed by atoms with Gasteiger partial charge in [-0.15, -0.1) is 0 Å². The van der Waals surface area contributed by atoms with Gasteiger partial charge in [-0.1, -0.05) is 12.1 Å². The van der Waals surface area contributed by atoms with Crippen molar-refractivity contribution in [1.82, 2.24) is 9.88 Å². The lowest BCUT2D eigenvalue weighted by Crippen LogP contribution is -2.27. The number of urea groups is 1. The molecular weight excluding hydrogens is 352 g/mol. The smallest absolute Gasteiger partial charge is 0.321 e. The zero-order valence-corrected chi connectivity index (χ0v) is 16.0. The van der Waals surface area contributed by atoms with Gasteiger partial charge in [-0.3, -0.25) is 4.90 Å². The molecule has 0 unspecified atom stereocenters. The molecule has 0 aliphatic carbocycles. The molecular formula is C22H22N4O2. The number of nitriles is 1. The fraction of sp³-hybridized carbons (Fsp3) is 0.273. The third-order valence-electron chi connectivity index (χ3n) is 5.08. The van der Waals surface area contributed by atoms with Crippen LogP contribution in [-0.4, -0.2) is 30.3 Å². The third-order valence-corrected chi connectivity index (χ3v) is 5.08. The van der Waals surface area contributed by atoms with E-state index in [9.17, 15) is 10.1 Å². The van der Waals surface area contributed by atoms with Gasteiger partial charge in [-0.05, 0) is 43.7 Å². The van der Waals surface area contributed by atoms with Gasteiger partial charge >= 0.3 is 6.03 Å². The second-order valence-electron chi connectivity index (χ2n) is 6.62. The van der Waals surface area contributed by atoms with Gasteiger partial charge in [0.25, 0.3) is 0 Å². The predicted octanol–water partition coefficient (Wildman–Crippen LogP) is 4.13. The average molecular weight is 374 g/mol. The molecule has 1 aromatic heterocycles. The Hall–Kier alpha value is -3.46. The predicted molar refractivity (Wildman–Crippen MR) is 110 cm³/mol. The molecule has 1 fully saturated rings. The summed E-state index contributed by atoms with van der Waals surface area (Å²) in [5.74, 6) is 0.800. The zero-order chi connectivity index (χ0) is 19.7. The summed E-state index contributed by atoms with van der Waals surface area (Å²) in [6.45, 7) is 6.68. The first-order valence-corrected chi connectivity index (χ1v) is 9.52. The fourth-order valence-corrected chi connectivity index (χ4v) is 3.84. The van der Waals surface area contributed by atoms with E-state index in [1.807, 2.05) is 49.4 Å². The summed E-state index contributed by atoms with van der Waals surface area (Å²) < 4.78 is 7.79. The van der Waals surface area contributed by atoms with E-state index in [2.05, 4.69) is 22.9 Å². The first-order valence-electron chi connectivity index (χ1n) is 9.52. The molecule has 3 aromatic rings. The van der Waals surface area contributed by atoms with Crippen molar-refractivity contribution in [2.24, 2.45) is 0 Å². The minimum absolute atomic E-state index is 0.0726. The van der Waals surface area contributed by atoms with E-state index in [-0.39, 0.29) is 6.03 Å². The van der Waals surface area contributed by atoms with Crippen LogP contribution in [-0.2, 0) is 6.54 Å². The lowest BCUT2D eigenvalue weighted by Gasteiger charge is -2.15. The first kappa shape index (κ1) is 17.9. The monoisotopic (exact) mass is 374 g/mol. The quantitative estimate of drug-likeness (QED) is 0.730. The SMILES string of the molecule is CCOc1ccc2c(C#N)c(-c3ccc(N4CCNC4=O)cc3)n(CC)c2c1. The number of rotatable bonds is 5. The lowest BCUT2D eigenvalue weighted by atomic mass is 10.1. The van der Waals surface area contributed by atoms with E-state index >= 15 is 0 Å². The van der Waals surface area contributed by atoms with Crippen LogP contribution in [0.15, 0.2) is 42.5 Å². The molecule has 1 saturated heterocycles. The van der Waals surface area contributed by atoms with Crippen molar-refractivity contribution in [2.75, 3.05) is 24.6 Å². The van der Waals surface area contributed by atoms with Gasteiger partial charge in [0.15, 0.2) is 0 Å². The maximum absolute atomic E-state index is 11.9. The molecule has 2 amide bonds. The topological polar surface area (TPSA) is 70.3 Å². The second-order valence-corrected chi connectivity index (χ2v) is 6.62. The van der Waals surface area contributed by atoms with Crippen molar-refractivity contribution in [2.45, 2.75) is 20.4 Å². The number of aryl methyl sites for hydroxylation is 1. The third kappa shape index (κ3) is 2.85. The lowest BCUT2D eigenvalue weighted by molar-refractivity contribution is 0.252. The molecule has 0 atom stereocenters. The van der Waals surface area contributed by atoms with Crippen LogP contribution in [0.5, 0.6) is 5.75 Å². The van der Waals surface area contributed by atoms with Crippen molar-refractivity contribution < 1.29 is 9.53 Å². The number of hydrogen-bond donors (Lipinski definition) is 1. The number of aromatic nitrogens is 1. The Kier molecular flexibility index (Phi) is 4.66. The van der Waals surface area contributed by atoms with Gasteiger partial charge in [-0.25, -0.2) is 4.79 Å². The molecule has 1 N–H and O–H groups in total. The van der Waals surface area contributed by atoms with Crippen molar-refractivity contribution in [3.8, 4) is 23.1 Å². The molecule has 1 aliphatic heterocycles. The molecule has 6 heteroatoms. The Morgan fingerprint density at radius 2 is 1.96 bits per heavy atom. The van der Waals surface area contributed by atoms with Gasteiger partial charge in [0.1, 0.15) is 11.8 Å². The Balaban J connectivity index is 1.83. The molecule has 0 bridgehead atoms. The summed E-state index contributed by atoms with van der Waals surface area (Å²) in [7, 11) is 0. The molecule has 28 heavy (non-hydrogen) atoms. The molecule has 2 heterocycles. The van der Waals surface area contributed by atoms with Crippen LogP contribution in [0.1, 0.15) is 19.4 Å². The molecule has 0 saturated carbocycles. The minimum Gasteiger partial charge on any atom is -0.494 e. The van der Waals surface area contributed by atoms with E-state index in [4.69, 9.17) is 4.74 Å². The number of anilines is 1. The number of hydrogen-bond acceptors (Lipinski definition) is 3. The van der Waals surface area contributed by atoms with E-state index < -0.39 is 0 Å². The Morgan fingerprint density at radius 1 is 1.18 bits per heavy atom. The summed E-state index contributed by atoms with van der Waals surface area (Å²) >= 11 is 0. The van der Waals surface area contributed by atoms with Crippen molar-refractivity contribution in [1.29, 1.82) is 5.26 Å². The zero-order valence-electron chi connectivity index (χ0n) is 16.0. The van der Waals surface area contributed by atoms with Gasteiger partial charge < -0.3 is 14.6 Å². The van der Waals surface area contributed by atoms with Crippen molar-refractivity contribution in [3.63, 3.8) is 0 Å². The number of carbonyl (C=O) groups is 1. The summed E-state index contributed by atoms with van der Waals surface area (Å²) in [5, 5.41) is 13.6. The normalized spacial score (nSPS) is 13.6. The number of benzene rings is 2. The van der Waals surface area contributed by atoms with Gasteiger partial charge in [0.2, 0.25) is 0 Å². The van der Waals surface area contributed by atoms with Crippen LogP contribution < -0.4 is 15.0 Å². The van der Waals surface area contributed by atoms with Crippen LogP contribution in [0, 0.1) is 11.3 Å². The second kappa shape index (κ2) is 7.28. The summed E-state index contributed by atoms with van der Waals surface area (Å²) in [5.41, 5.74) is 4.35. The highest BCUT2D eigenvalue weighted by Crippen LogP contribution is 2.36. The Morgan fingerprint density at radius 3 is 2.57 bits per heavy atom. The number of ether oxygens (including phenoxy) is 1. The van der Waals surface area contributed by atoms with Crippen molar-refractivity contribution in [3.05, 3.63) is 48.0 Å². The Labute approximate surface area is 163 Å². The van der Waals surface area contributed by atoms with Crippen LogP contribution >= 0.6 is 0 Å². The first-order chi connectivity index (χ1) is 13.7. The number of carbonyl (C=O) groups excluding carboxylic acids is 1. The maximum atomic E-state index is 11.9. The molecule has 4 rings (SSSR count). The fourth-order valence-electron chi connectivity index (χ4n) is 3.84. The van der Waals surface area contributed by atoms with Gasteiger partial charge in [0.05, 0.1) is 23.4 Å². The van der Waals surface area contributed by atoms with Gasteiger partial charge in [0, 0.05) is 36.8 Å². The molecule has 142 valence electrons. The van der Waals surface area contributed by atoms with Crippen LogP contribution in [0.4, 0.5) is 10.5 Å². The van der Waals surface area contributed by atoms with Crippen LogP contribution in [0.2, 0.25) is 0 Å². The van der Waals surface area contributed by atoms with Crippen molar-refractivity contribution >= 4 is 22.6 Å². The summed E-state index contributed by atoms with van der Waals surface area (Å²) in [4.78, 5) is 13.6. The van der Waals surface area contributed by atoms with E-state index in [0.29, 0.717) is 25.3 Å². The van der Waals surface area contributed by atoms with E-state index in [1.54, 1.807) is 4.90 Å². The highest BCUT2D eigenvalue weighted by atomic mass is 16.5. The maximum Gasteiger partial charge on any atom is 0.321 e. The molecule has 1 aliphatic rings. The number of nitrogens with one attached hydrogen (secondary N) is 1. The number of amides is 2. The molecule has 6 nitrogen and oxygen atoms in total. The molecule has 2 aromatic carbocycles. The number of fused-ring (bicyclic) bond motifs is 1. The Bertz CT molecular complexity index is 1080. The van der Waals surface area contributed by atoms with E-state index in [0.717, 1.165) is 40.1 Å². The van der Waals surface area contributed by atoms with Crippen LogP contribution in [0.25, 0.3) is 22.2 Å². The largest absolute Gasteiger partial charge is 0.494 e. The van der Waals surface area contributed by atoms with Gasteiger partial charge in [-0.2, -0.15) is 5.26 Å². The standard InChI is InChI=1S/C22H22N4O2/c1-3-25-20-13-17(28-4-2)9-10-18(20)19(14-23)21(25)15-5-7-16(8-6-15)26-12-11-24-22(26)27/h5-10,13H,3-4,11-12H2,1-2H3,(H,24,27). The average Bonchev–Trinajstić information content (AvgIpc) is 3.28. The van der Waals surface area contributed by atoms with E-state index in [1.165, 1.54) is 0 Å². The molecule has 0 radical (unpaired) electrons. The summed E-state index contributed by atoms with van der Waals surface area (Å²) in [6, 6.07) is 16.0. The number of nitrogens with zero attached hydrogens (tertiary/aromatic N) is 3. The summed E-state index contributed by atoms with van der Waals surface area (Å²) in [6.07, 6.45) is 0. The minimum atomic E-state index is -0.0726. The molecule has 0 spiro atoms.